The smallest absolute Gasteiger partial charge is 0.338 e. The number of nitrogens with one attached hydrogen (secondary N) is 3. The third-order valence-corrected chi connectivity index (χ3v) is 3.90. The molecule has 0 fully saturated rings. The van der Waals surface area contributed by atoms with Crippen LogP contribution in [0.5, 0.6) is 0 Å². The zero-order valence-corrected chi connectivity index (χ0v) is 16.8. The van der Waals surface area contributed by atoms with Gasteiger partial charge in [-0.1, -0.05) is 12.1 Å². The Hall–Kier alpha value is -3.49. The number of carbonyl (C=O) groups excluding carboxylic acids is 3. The number of ether oxygens (including phenoxy) is 1. The fourth-order valence-electron chi connectivity index (χ4n) is 2.36. The summed E-state index contributed by atoms with van der Waals surface area (Å²) in [6.07, 6.45) is -1.21. The third kappa shape index (κ3) is 6.84. The number of hydrogen-bond donors (Lipinski definition) is 3. The molecular weight excluding hydrogens is 396 g/mol. The Kier molecular flexibility index (Phi) is 7.85. The van der Waals surface area contributed by atoms with E-state index in [-0.39, 0.29) is 29.9 Å². The molecule has 0 aromatic heterocycles. The van der Waals surface area contributed by atoms with E-state index in [1.165, 1.54) is 19.1 Å². The van der Waals surface area contributed by atoms with Crippen molar-refractivity contribution < 1.29 is 27.9 Å². The minimum atomic E-state index is -1.21. The van der Waals surface area contributed by atoms with E-state index in [1.807, 2.05) is 13.8 Å². The quantitative estimate of drug-likeness (QED) is 0.600. The first-order valence-electron chi connectivity index (χ1n) is 9.26. The number of urea groups is 1. The van der Waals surface area contributed by atoms with Crippen LogP contribution in [0.25, 0.3) is 0 Å². The van der Waals surface area contributed by atoms with Crippen LogP contribution in [0.2, 0.25) is 0 Å². The van der Waals surface area contributed by atoms with Gasteiger partial charge in [-0.3, -0.25) is 4.79 Å². The van der Waals surface area contributed by atoms with E-state index in [2.05, 4.69) is 16.0 Å². The maximum absolute atomic E-state index is 13.6. The van der Waals surface area contributed by atoms with E-state index in [4.69, 9.17) is 4.74 Å². The van der Waals surface area contributed by atoms with Crippen molar-refractivity contribution in [2.24, 2.45) is 0 Å². The summed E-state index contributed by atoms with van der Waals surface area (Å²) in [5.41, 5.74) is 0.753. The van der Waals surface area contributed by atoms with Crippen LogP contribution in [0.4, 0.5) is 19.3 Å². The van der Waals surface area contributed by atoms with Crippen LogP contribution < -0.4 is 16.0 Å². The zero-order chi connectivity index (χ0) is 22.3. The number of esters is 1. The first kappa shape index (κ1) is 22.8. The van der Waals surface area contributed by atoms with Crippen molar-refractivity contribution in [2.45, 2.75) is 39.5 Å². The fourth-order valence-corrected chi connectivity index (χ4v) is 2.36. The predicted octanol–water partition coefficient (Wildman–Crippen LogP) is 3.36. The molecule has 0 bridgehead atoms. The highest BCUT2D eigenvalue weighted by atomic mass is 19.1. The van der Waals surface area contributed by atoms with E-state index < -0.39 is 29.6 Å². The summed E-state index contributed by atoms with van der Waals surface area (Å²) < 4.78 is 31.6. The molecule has 1 atom stereocenters. The lowest BCUT2D eigenvalue weighted by Crippen LogP contribution is -2.39. The first-order valence-corrected chi connectivity index (χ1v) is 9.26. The van der Waals surface area contributed by atoms with Gasteiger partial charge in [-0.2, -0.15) is 0 Å². The highest BCUT2D eigenvalue weighted by molar-refractivity contribution is 5.97. The fraction of sp³-hybridized carbons (Fsp3) is 0.286. The van der Waals surface area contributed by atoms with Crippen LogP contribution in [0, 0.1) is 11.6 Å². The summed E-state index contributed by atoms with van der Waals surface area (Å²) in [6, 6.07) is 8.72. The lowest BCUT2D eigenvalue weighted by molar-refractivity contribution is -0.123. The summed E-state index contributed by atoms with van der Waals surface area (Å²) in [7, 11) is 0. The molecule has 0 heterocycles. The number of rotatable bonds is 7. The van der Waals surface area contributed by atoms with Gasteiger partial charge in [-0.25, -0.2) is 18.4 Å². The standard InChI is InChI=1S/C21H23F2N3O4/c1-12(2)25-21(29)24-11-14-4-6-15(7-5-14)20(28)30-13(3)19(27)26-18-9-8-16(22)10-17(18)23/h4-10,12-13H,11H2,1-3H3,(H,26,27)(H2,24,25,29)/t13-/m1/s1. The van der Waals surface area contributed by atoms with Gasteiger partial charge in [0.2, 0.25) is 0 Å². The predicted molar refractivity (Wildman–Crippen MR) is 107 cm³/mol. The summed E-state index contributed by atoms with van der Waals surface area (Å²) in [4.78, 5) is 35.9. The van der Waals surface area contributed by atoms with Gasteiger partial charge >= 0.3 is 12.0 Å². The van der Waals surface area contributed by atoms with Gasteiger partial charge < -0.3 is 20.7 Å². The lowest BCUT2D eigenvalue weighted by atomic mass is 10.1. The van der Waals surface area contributed by atoms with Crippen LogP contribution in [-0.4, -0.2) is 30.1 Å². The first-order chi connectivity index (χ1) is 14.2. The van der Waals surface area contributed by atoms with Crippen molar-refractivity contribution in [2.75, 3.05) is 5.32 Å². The van der Waals surface area contributed by atoms with E-state index in [1.54, 1.807) is 12.1 Å². The Labute approximate surface area is 172 Å². The highest BCUT2D eigenvalue weighted by Gasteiger charge is 2.20. The number of amides is 3. The monoisotopic (exact) mass is 419 g/mol. The number of hydrogen-bond acceptors (Lipinski definition) is 4. The van der Waals surface area contributed by atoms with E-state index in [0.29, 0.717) is 6.07 Å². The van der Waals surface area contributed by atoms with Gasteiger partial charge in [0.1, 0.15) is 11.6 Å². The Balaban J connectivity index is 1.88. The zero-order valence-electron chi connectivity index (χ0n) is 16.8. The summed E-state index contributed by atoms with van der Waals surface area (Å²) >= 11 is 0. The van der Waals surface area contributed by atoms with Gasteiger partial charge in [-0.05, 0) is 50.6 Å². The molecule has 0 aliphatic carbocycles. The van der Waals surface area contributed by atoms with Gasteiger partial charge in [-0.15, -0.1) is 0 Å². The molecular formula is C21H23F2N3O4. The maximum atomic E-state index is 13.6. The largest absolute Gasteiger partial charge is 0.449 e. The third-order valence-electron chi connectivity index (χ3n) is 3.90. The molecule has 2 aromatic rings. The van der Waals surface area contributed by atoms with Crippen LogP contribution in [0.1, 0.15) is 36.7 Å². The summed E-state index contributed by atoms with van der Waals surface area (Å²) in [6.45, 7) is 5.30. The molecule has 0 radical (unpaired) electrons. The SMILES string of the molecule is CC(C)NC(=O)NCc1ccc(C(=O)O[C@H](C)C(=O)Nc2ccc(F)cc2F)cc1. The average molecular weight is 419 g/mol. The van der Waals surface area contributed by atoms with Gasteiger partial charge in [0.05, 0.1) is 11.3 Å². The number of halogens is 2. The molecule has 3 N–H and O–H groups in total. The minimum Gasteiger partial charge on any atom is -0.449 e. The van der Waals surface area contributed by atoms with Crippen molar-refractivity contribution in [1.29, 1.82) is 0 Å². The van der Waals surface area contributed by atoms with Crippen LogP contribution in [-0.2, 0) is 16.1 Å². The molecule has 2 rings (SSSR count). The second kappa shape index (κ2) is 10.3. The Morgan fingerprint density at radius 1 is 1.00 bits per heavy atom. The van der Waals surface area contributed by atoms with Gasteiger partial charge in [0.15, 0.2) is 6.10 Å². The number of anilines is 1. The molecule has 2 aromatic carbocycles. The van der Waals surface area contributed by atoms with Crippen molar-refractivity contribution in [3.8, 4) is 0 Å². The average Bonchev–Trinajstić information content (AvgIpc) is 2.68. The minimum absolute atomic E-state index is 0.0147. The number of benzene rings is 2. The van der Waals surface area contributed by atoms with Crippen molar-refractivity contribution in [3.63, 3.8) is 0 Å². The molecule has 9 heteroatoms. The normalized spacial score (nSPS) is 11.5. The molecule has 0 aliphatic rings. The molecule has 160 valence electrons. The molecule has 0 saturated carbocycles. The second-order valence-electron chi connectivity index (χ2n) is 6.84. The van der Waals surface area contributed by atoms with Gasteiger partial charge in [0.25, 0.3) is 5.91 Å². The van der Waals surface area contributed by atoms with E-state index in [0.717, 1.165) is 17.7 Å². The van der Waals surface area contributed by atoms with Crippen LogP contribution in [0.3, 0.4) is 0 Å². The van der Waals surface area contributed by atoms with Crippen molar-refractivity contribution in [3.05, 3.63) is 65.2 Å². The molecule has 30 heavy (non-hydrogen) atoms. The second-order valence-corrected chi connectivity index (χ2v) is 6.84. The Morgan fingerprint density at radius 3 is 2.27 bits per heavy atom. The van der Waals surface area contributed by atoms with Gasteiger partial charge in [0, 0.05) is 18.7 Å². The molecule has 0 unspecified atom stereocenters. The Bertz CT molecular complexity index is 917. The molecule has 7 nitrogen and oxygen atoms in total. The molecule has 3 amide bonds. The Morgan fingerprint density at radius 2 is 1.67 bits per heavy atom. The highest BCUT2D eigenvalue weighted by Crippen LogP contribution is 2.16. The van der Waals surface area contributed by atoms with Crippen molar-refractivity contribution in [1.82, 2.24) is 10.6 Å². The molecule has 0 spiro atoms. The topological polar surface area (TPSA) is 96.5 Å². The number of carbonyl (C=O) groups is 3. The summed E-state index contributed by atoms with van der Waals surface area (Å²) in [5, 5.41) is 7.62. The van der Waals surface area contributed by atoms with E-state index in [9.17, 15) is 23.2 Å². The lowest BCUT2D eigenvalue weighted by Gasteiger charge is -2.14. The van der Waals surface area contributed by atoms with Crippen molar-refractivity contribution >= 4 is 23.6 Å². The van der Waals surface area contributed by atoms with Crippen LogP contribution >= 0.6 is 0 Å². The van der Waals surface area contributed by atoms with E-state index >= 15 is 0 Å². The summed E-state index contributed by atoms with van der Waals surface area (Å²) in [5.74, 6) is -3.21. The maximum Gasteiger partial charge on any atom is 0.338 e. The molecule has 0 aliphatic heterocycles. The van der Waals surface area contributed by atoms with Crippen LogP contribution in [0.15, 0.2) is 42.5 Å². The molecule has 0 saturated heterocycles.